The zero-order valence-electron chi connectivity index (χ0n) is 50.5. The van der Waals surface area contributed by atoms with Crippen molar-refractivity contribution in [2.75, 3.05) is 13.2 Å². The predicted octanol–water partition coefficient (Wildman–Crippen LogP) is 19.4. The molecule has 0 saturated carbocycles. The molecular weight excluding hydrogens is 1120 g/mol. The van der Waals surface area contributed by atoms with E-state index in [4.69, 9.17) is 28.4 Å². The quantitative estimate of drug-likeness (QED) is 0.00863. The number of non-ortho nitro benzene ring substituents is 2. The average Bonchev–Trinajstić information content (AvgIpc) is 2.91. The summed E-state index contributed by atoms with van der Waals surface area (Å²) in [6, 6.07) is 32.3. The van der Waals surface area contributed by atoms with Gasteiger partial charge >= 0.3 is 23.9 Å². The smallest absolute Gasteiger partial charge is 0.343 e. The maximum atomic E-state index is 13.4. The third kappa shape index (κ3) is 25.4. The lowest BCUT2D eigenvalue weighted by Crippen LogP contribution is -2.11. The fourth-order valence-electron chi connectivity index (χ4n) is 9.10. The normalized spacial score (nSPS) is 11.2. The highest BCUT2D eigenvalue weighted by Crippen LogP contribution is 2.36. The van der Waals surface area contributed by atoms with Gasteiger partial charge in [0.05, 0.1) is 45.6 Å². The first-order valence-corrected chi connectivity index (χ1v) is 30.8. The number of esters is 4. The molecule has 6 rings (SSSR count). The lowest BCUT2D eigenvalue weighted by Gasteiger charge is -2.11. The Morgan fingerprint density at radius 2 is 0.682 bits per heavy atom. The van der Waals surface area contributed by atoms with Crippen LogP contribution in [0.15, 0.2) is 154 Å². The van der Waals surface area contributed by atoms with E-state index in [0.717, 1.165) is 25.7 Å². The van der Waals surface area contributed by atoms with Crippen molar-refractivity contribution in [2.24, 2.45) is 20.5 Å². The summed E-state index contributed by atoms with van der Waals surface area (Å²) in [6.45, 7) is 5.58. The summed E-state index contributed by atoms with van der Waals surface area (Å²) in [5, 5.41) is 39.2. The second-order valence-corrected chi connectivity index (χ2v) is 21.3. The topological polar surface area (TPSA) is 259 Å². The van der Waals surface area contributed by atoms with Crippen LogP contribution in [0, 0.1) is 20.2 Å². The van der Waals surface area contributed by atoms with Crippen LogP contribution in [0.5, 0.6) is 34.5 Å². The predicted molar refractivity (Wildman–Crippen MR) is 335 cm³/mol. The van der Waals surface area contributed by atoms with Gasteiger partial charge in [-0.1, -0.05) is 129 Å². The summed E-state index contributed by atoms with van der Waals surface area (Å²) in [5.74, 6) is -1.69. The minimum absolute atomic E-state index is 0.0329. The molecule has 0 atom stereocenters. The molecule has 6 aromatic rings. The molecule has 0 radical (unpaired) electrons. The fourth-order valence-corrected chi connectivity index (χ4v) is 9.10. The minimum atomic E-state index is -0.716. The average molecular weight is 1210 g/mol. The van der Waals surface area contributed by atoms with Gasteiger partial charge in [0.1, 0.15) is 34.4 Å². The number of hydrogen-bond acceptors (Lipinski definition) is 18. The second kappa shape index (κ2) is 38.8. The van der Waals surface area contributed by atoms with Crippen molar-refractivity contribution >= 4 is 58.0 Å². The van der Waals surface area contributed by atoms with Crippen LogP contribution in [0.3, 0.4) is 0 Å². The van der Waals surface area contributed by atoms with Crippen LogP contribution in [-0.4, -0.2) is 46.9 Å². The lowest BCUT2D eigenvalue weighted by atomic mass is 10.1. The number of rotatable bonds is 41. The van der Waals surface area contributed by atoms with Gasteiger partial charge in [0.25, 0.3) is 11.4 Å². The van der Waals surface area contributed by atoms with Gasteiger partial charge in [0.15, 0.2) is 11.5 Å². The maximum Gasteiger partial charge on any atom is 0.343 e. The van der Waals surface area contributed by atoms with E-state index in [1.807, 2.05) is 0 Å². The molecular formula is C68H80N6O14. The molecule has 0 aliphatic carbocycles. The van der Waals surface area contributed by atoms with E-state index in [1.165, 1.54) is 188 Å². The number of carbonyl (C=O) groups is 4. The van der Waals surface area contributed by atoms with Crippen molar-refractivity contribution in [1.29, 1.82) is 0 Å². The van der Waals surface area contributed by atoms with Gasteiger partial charge in [-0.2, -0.15) is 10.2 Å². The number of benzene rings is 6. The SMILES string of the molecule is CCCCCCCCCCCCOc1ccc(C(=O)Oc2ccc(N=Nc3ccc([N+](=O)[O-])cc3)c(OC(=O)CCCCC(=O)Oc3cc(OC(=O)c4ccc(OCCCCCCCCCCCC)cc4)ccc3N=Nc3ccc([N+](=O)[O-])cc3)c2)cc1. The Morgan fingerprint density at radius 1 is 0.364 bits per heavy atom. The molecule has 0 bridgehead atoms. The molecule has 0 aliphatic rings. The van der Waals surface area contributed by atoms with Crippen LogP contribution in [0.4, 0.5) is 34.1 Å². The van der Waals surface area contributed by atoms with E-state index in [0.29, 0.717) is 24.7 Å². The number of carbonyl (C=O) groups excluding carboxylic acids is 4. The highest BCUT2D eigenvalue weighted by Gasteiger charge is 2.18. The number of nitro benzene ring substituents is 2. The summed E-state index contributed by atoms with van der Waals surface area (Å²) in [4.78, 5) is 74.8. The Morgan fingerprint density at radius 3 is 1.01 bits per heavy atom. The van der Waals surface area contributed by atoms with Gasteiger partial charge in [0, 0.05) is 49.2 Å². The third-order valence-electron chi connectivity index (χ3n) is 14.1. The van der Waals surface area contributed by atoms with Gasteiger partial charge in [-0.3, -0.25) is 29.8 Å². The van der Waals surface area contributed by atoms with E-state index < -0.39 is 33.7 Å². The third-order valence-corrected chi connectivity index (χ3v) is 14.1. The van der Waals surface area contributed by atoms with Crippen molar-refractivity contribution in [2.45, 2.75) is 168 Å². The largest absolute Gasteiger partial charge is 0.494 e. The molecule has 0 fully saturated rings. The highest BCUT2D eigenvalue weighted by atomic mass is 16.6. The van der Waals surface area contributed by atoms with E-state index in [1.54, 1.807) is 48.5 Å². The lowest BCUT2D eigenvalue weighted by molar-refractivity contribution is -0.385. The first-order valence-electron chi connectivity index (χ1n) is 30.8. The molecule has 88 heavy (non-hydrogen) atoms. The molecule has 0 unspecified atom stereocenters. The first kappa shape index (κ1) is 67.9. The van der Waals surface area contributed by atoms with E-state index in [9.17, 15) is 39.4 Å². The first-order chi connectivity index (χ1) is 42.9. The van der Waals surface area contributed by atoms with Gasteiger partial charge in [0.2, 0.25) is 0 Å². The number of azo groups is 2. The van der Waals surface area contributed by atoms with Crippen LogP contribution >= 0.6 is 0 Å². The molecule has 0 aromatic heterocycles. The zero-order chi connectivity index (χ0) is 62.6. The molecule has 0 saturated heterocycles. The molecule has 0 amide bonds. The molecule has 466 valence electrons. The molecule has 6 aromatic carbocycles. The Bertz CT molecular complexity index is 2990. The summed E-state index contributed by atoms with van der Waals surface area (Å²) in [5.41, 5.74) is 0.918. The molecule has 20 nitrogen and oxygen atoms in total. The minimum Gasteiger partial charge on any atom is -0.494 e. The van der Waals surface area contributed by atoms with Crippen molar-refractivity contribution < 1.29 is 57.4 Å². The summed E-state index contributed by atoms with van der Waals surface area (Å²) >= 11 is 0. The van der Waals surface area contributed by atoms with Crippen LogP contribution < -0.4 is 28.4 Å². The highest BCUT2D eigenvalue weighted by molar-refractivity contribution is 5.92. The maximum absolute atomic E-state index is 13.4. The number of hydrogen-bond donors (Lipinski definition) is 0. The van der Waals surface area contributed by atoms with Crippen LogP contribution in [0.2, 0.25) is 0 Å². The van der Waals surface area contributed by atoms with Gasteiger partial charge < -0.3 is 28.4 Å². The van der Waals surface area contributed by atoms with Crippen LogP contribution in [0.1, 0.15) is 189 Å². The van der Waals surface area contributed by atoms with E-state index in [2.05, 4.69) is 34.3 Å². The monoisotopic (exact) mass is 1200 g/mol. The molecule has 0 N–H and O–H groups in total. The number of unbranched alkanes of at least 4 members (excludes halogenated alkanes) is 19. The standard InChI is InChI=1S/C68H80N6O14/c1-3-5-7-9-11-13-15-17-19-23-47-83-57-39-27-51(28-40-57)67(77)85-59-43-45-61(71-69-53-31-35-55(36-32-53)73(79)80)63(49-59)87-65(75)25-21-22-26-66(76)88-64-50-60(44-46-62(64)72-70-54-33-37-56(38-34-54)74(81)82)86-68(78)52-29-41-58(42-30-52)84-48-24-20-18-16-14-12-10-8-6-4-2/h27-46,49-50H,3-26,47-48H2,1-2H3. The summed E-state index contributed by atoms with van der Waals surface area (Å²) in [7, 11) is 0. The summed E-state index contributed by atoms with van der Waals surface area (Å²) < 4.78 is 34.7. The molecule has 0 spiro atoms. The molecule has 0 heterocycles. The number of nitro groups is 2. The Kier molecular flexibility index (Phi) is 29.9. The van der Waals surface area contributed by atoms with Gasteiger partial charge in [-0.05, 0) is 123 Å². The molecule has 0 aliphatic heterocycles. The fraction of sp³-hybridized carbons (Fsp3) is 0.412. The Balaban J connectivity index is 1.03. The van der Waals surface area contributed by atoms with E-state index in [-0.39, 0.29) is 93.9 Å². The van der Waals surface area contributed by atoms with Crippen molar-refractivity contribution in [3.05, 3.63) is 165 Å². The molecule has 20 heteroatoms. The van der Waals surface area contributed by atoms with Crippen molar-refractivity contribution in [3.8, 4) is 34.5 Å². The van der Waals surface area contributed by atoms with Crippen molar-refractivity contribution in [1.82, 2.24) is 0 Å². The second-order valence-electron chi connectivity index (χ2n) is 21.3. The zero-order valence-corrected chi connectivity index (χ0v) is 50.5. The van der Waals surface area contributed by atoms with Crippen LogP contribution in [0.25, 0.3) is 0 Å². The van der Waals surface area contributed by atoms with Gasteiger partial charge in [-0.25, -0.2) is 9.59 Å². The Labute approximate surface area is 514 Å². The number of nitrogens with zero attached hydrogens (tertiary/aromatic N) is 6. The van der Waals surface area contributed by atoms with Crippen LogP contribution in [-0.2, 0) is 9.59 Å². The van der Waals surface area contributed by atoms with Crippen molar-refractivity contribution in [3.63, 3.8) is 0 Å². The Hall–Kier alpha value is -9.20. The summed E-state index contributed by atoms with van der Waals surface area (Å²) in [6.07, 6.45) is 24.3. The van der Waals surface area contributed by atoms with E-state index >= 15 is 0 Å². The van der Waals surface area contributed by atoms with Gasteiger partial charge in [-0.15, -0.1) is 10.2 Å². The number of ether oxygens (including phenoxy) is 6.